The maximum atomic E-state index is 4.61. The first-order chi connectivity index (χ1) is 13.9. The molecule has 6 nitrogen and oxygen atoms in total. The van der Waals surface area contributed by atoms with Crippen LogP contribution in [0, 0.1) is 0 Å². The molecule has 5 rings (SSSR count). The van der Waals surface area contributed by atoms with E-state index < -0.39 is 0 Å². The van der Waals surface area contributed by atoms with Crippen molar-refractivity contribution in [2.75, 3.05) is 5.32 Å². The molecule has 0 fully saturated rings. The fourth-order valence-corrected chi connectivity index (χ4v) is 5.28. The van der Waals surface area contributed by atoms with E-state index in [1.54, 1.807) is 6.33 Å². The normalized spacial score (nSPS) is 11.0. The highest BCUT2D eigenvalue weighted by Crippen LogP contribution is 2.38. The van der Waals surface area contributed by atoms with E-state index >= 15 is 0 Å². The van der Waals surface area contributed by atoms with Gasteiger partial charge in [0.05, 0.1) is 0 Å². The molecule has 0 aliphatic carbocycles. The summed E-state index contributed by atoms with van der Waals surface area (Å²) in [6.07, 6.45) is 1.58. The second-order valence-electron chi connectivity index (χ2n) is 5.72. The van der Waals surface area contributed by atoms with E-state index in [9.17, 15) is 0 Å². The minimum Gasteiger partial charge on any atom is -0.330 e. The zero-order valence-electron chi connectivity index (χ0n) is 14.3. The van der Waals surface area contributed by atoms with E-state index in [1.807, 2.05) is 60.7 Å². The van der Waals surface area contributed by atoms with Crippen molar-refractivity contribution in [1.29, 1.82) is 0 Å². The number of hydrogen-bond acceptors (Lipinski definition) is 9. The van der Waals surface area contributed by atoms with Crippen LogP contribution in [-0.2, 0) is 0 Å². The van der Waals surface area contributed by atoms with Crippen LogP contribution >= 0.6 is 34.6 Å². The molecule has 3 heterocycles. The maximum absolute atomic E-state index is 4.61. The molecule has 3 aromatic heterocycles. The van der Waals surface area contributed by atoms with E-state index in [2.05, 4.69) is 29.9 Å². The summed E-state index contributed by atoms with van der Waals surface area (Å²) in [6.45, 7) is 0. The highest BCUT2D eigenvalue weighted by atomic mass is 32.2. The van der Waals surface area contributed by atoms with E-state index in [1.165, 1.54) is 34.6 Å². The van der Waals surface area contributed by atoms with Crippen molar-refractivity contribution in [3.8, 4) is 11.3 Å². The Kier molecular flexibility index (Phi) is 4.69. The van der Waals surface area contributed by atoms with Crippen LogP contribution < -0.4 is 5.32 Å². The van der Waals surface area contributed by atoms with E-state index in [-0.39, 0.29) is 0 Å². The molecule has 5 aromatic rings. The summed E-state index contributed by atoms with van der Waals surface area (Å²) in [5.74, 6) is 0. The Labute approximate surface area is 172 Å². The number of hydrogen-bond donors (Lipinski definition) is 1. The smallest absolute Gasteiger partial charge is 0.210 e. The molecule has 0 radical (unpaired) electrons. The molecular formula is C19H12N6S3. The summed E-state index contributed by atoms with van der Waals surface area (Å²) in [4.78, 5) is 8.90. The molecule has 0 saturated carbocycles. The summed E-state index contributed by atoms with van der Waals surface area (Å²) in [7, 11) is 0. The molecule has 0 spiro atoms. The number of anilines is 2. The van der Waals surface area contributed by atoms with Gasteiger partial charge in [-0.25, -0.2) is 9.97 Å². The lowest BCUT2D eigenvalue weighted by Crippen LogP contribution is -1.87. The highest BCUT2D eigenvalue weighted by Gasteiger charge is 2.16. The van der Waals surface area contributed by atoms with Crippen molar-refractivity contribution in [3.63, 3.8) is 0 Å². The fraction of sp³-hybridized carbons (Fsp3) is 0. The molecular weight excluding hydrogens is 408 g/mol. The Bertz CT molecular complexity index is 1220. The summed E-state index contributed by atoms with van der Waals surface area (Å²) in [5.41, 5.74) is 3.78. The molecule has 0 aliphatic heterocycles. The van der Waals surface area contributed by atoms with Crippen LogP contribution in [0.5, 0.6) is 0 Å². The Morgan fingerprint density at radius 1 is 0.857 bits per heavy atom. The Hall–Kier alpha value is -2.88. The second kappa shape index (κ2) is 7.63. The molecule has 0 amide bonds. The summed E-state index contributed by atoms with van der Waals surface area (Å²) >= 11 is 4.38. The lowest BCUT2D eigenvalue weighted by atomic mass is 10.1. The van der Waals surface area contributed by atoms with Crippen molar-refractivity contribution in [3.05, 3.63) is 67.0 Å². The van der Waals surface area contributed by atoms with Gasteiger partial charge in [-0.15, -0.1) is 10.2 Å². The molecule has 1 N–H and O–H groups in total. The van der Waals surface area contributed by atoms with Gasteiger partial charge in [0.1, 0.15) is 27.3 Å². The average molecular weight is 421 g/mol. The number of aromatic nitrogens is 5. The number of para-hydroxylation sites is 1. The molecule has 136 valence electrons. The van der Waals surface area contributed by atoms with Gasteiger partial charge in [0.15, 0.2) is 4.34 Å². The maximum Gasteiger partial charge on any atom is 0.210 e. The lowest BCUT2D eigenvalue weighted by molar-refractivity contribution is 1.01. The standard InChI is InChI=1S/C19H12N6S3/c1-3-7-12(8-4-1)14-15-16(28-25-14)17(21-11-20-15)26-19-24-23-18(27-19)22-13-9-5-2-6-10-13/h1-11H,(H,22,23). The zero-order valence-corrected chi connectivity index (χ0v) is 16.8. The third-order valence-corrected chi connectivity index (χ3v) is 6.75. The third-order valence-electron chi connectivity index (χ3n) is 3.89. The second-order valence-corrected chi connectivity index (χ2v) is 8.71. The molecule has 28 heavy (non-hydrogen) atoms. The van der Waals surface area contributed by atoms with Crippen molar-refractivity contribution >= 4 is 55.7 Å². The van der Waals surface area contributed by atoms with Crippen LogP contribution in [-0.4, -0.2) is 24.5 Å². The molecule has 2 aromatic carbocycles. The van der Waals surface area contributed by atoms with Crippen molar-refractivity contribution in [2.45, 2.75) is 9.37 Å². The number of benzene rings is 2. The van der Waals surface area contributed by atoms with Gasteiger partial charge in [0.25, 0.3) is 0 Å². The molecule has 9 heteroatoms. The van der Waals surface area contributed by atoms with Crippen molar-refractivity contribution in [2.24, 2.45) is 0 Å². The Morgan fingerprint density at radius 3 is 2.46 bits per heavy atom. The van der Waals surface area contributed by atoms with Gasteiger partial charge in [0, 0.05) is 11.3 Å². The first-order valence-electron chi connectivity index (χ1n) is 8.36. The molecule has 0 saturated heterocycles. The predicted molar refractivity (Wildman–Crippen MR) is 114 cm³/mol. The number of nitrogens with zero attached hydrogens (tertiary/aromatic N) is 5. The van der Waals surface area contributed by atoms with Crippen LogP contribution in [0.4, 0.5) is 10.8 Å². The SMILES string of the molecule is c1ccc(Nc2nnc(Sc3ncnc4c(-c5ccccc5)nsc34)s2)cc1. The van der Waals surface area contributed by atoms with Gasteiger partial charge < -0.3 is 5.32 Å². The zero-order chi connectivity index (χ0) is 18.8. The van der Waals surface area contributed by atoms with Gasteiger partial charge >= 0.3 is 0 Å². The molecule has 0 aliphatic rings. The summed E-state index contributed by atoms with van der Waals surface area (Å²) < 4.78 is 6.38. The minimum absolute atomic E-state index is 0.744. The van der Waals surface area contributed by atoms with Crippen LogP contribution in [0.15, 0.2) is 76.4 Å². The van der Waals surface area contributed by atoms with E-state index in [0.717, 1.165) is 41.7 Å². The van der Waals surface area contributed by atoms with Crippen LogP contribution in [0.1, 0.15) is 0 Å². The van der Waals surface area contributed by atoms with Gasteiger partial charge in [-0.05, 0) is 35.4 Å². The number of rotatable bonds is 5. The fourth-order valence-electron chi connectivity index (χ4n) is 2.63. The third kappa shape index (κ3) is 3.47. The summed E-state index contributed by atoms with van der Waals surface area (Å²) in [6, 6.07) is 20.0. The van der Waals surface area contributed by atoms with Crippen molar-refractivity contribution < 1.29 is 0 Å². The van der Waals surface area contributed by atoms with Gasteiger partial charge in [-0.3, -0.25) is 0 Å². The van der Waals surface area contributed by atoms with Gasteiger partial charge in [0.2, 0.25) is 5.13 Å². The van der Waals surface area contributed by atoms with E-state index in [0.29, 0.717) is 0 Å². The largest absolute Gasteiger partial charge is 0.330 e. The number of nitrogens with one attached hydrogen (secondary N) is 1. The Morgan fingerprint density at radius 2 is 1.64 bits per heavy atom. The van der Waals surface area contributed by atoms with E-state index in [4.69, 9.17) is 0 Å². The quantitative estimate of drug-likeness (QED) is 0.376. The average Bonchev–Trinajstić information content (AvgIpc) is 3.37. The van der Waals surface area contributed by atoms with Crippen molar-refractivity contribution in [1.82, 2.24) is 24.5 Å². The number of fused-ring (bicyclic) bond motifs is 1. The molecule has 0 unspecified atom stereocenters. The van der Waals surface area contributed by atoms with Gasteiger partial charge in [-0.1, -0.05) is 59.9 Å². The topological polar surface area (TPSA) is 76.5 Å². The first-order valence-corrected chi connectivity index (χ1v) is 10.8. The first kappa shape index (κ1) is 17.2. The highest BCUT2D eigenvalue weighted by molar-refractivity contribution is 8.01. The monoisotopic (exact) mass is 420 g/mol. The van der Waals surface area contributed by atoms with Crippen LogP contribution in [0.2, 0.25) is 0 Å². The minimum atomic E-state index is 0.744. The Balaban J connectivity index is 1.42. The lowest BCUT2D eigenvalue weighted by Gasteiger charge is -2.00. The van der Waals surface area contributed by atoms with Crippen LogP contribution in [0.3, 0.4) is 0 Å². The molecule has 0 bridgehead atoms. The van der Waals surface area contributed by atoms with Crippen LogP contribution in [0.25, 0.3) is 21.5 Å². The molecule has 0 atom stereocenters. The summed E-state index contributed by atoms with van der Waals surface area (Å²) in [5, 5.41) is 13.3. The van der Waals surface area contributed by atoms with Gasteiger partial charge in [-0.2, -0.15) is 4.37 Å². The predicted octanol–water partition coefficient (Wildman–Crippen LogP) is 5.50.